The van der Waals surface area contributed by atoms with Gasteiger partial charge in [0.1, 0.15) is 11.8 Å². The van der Waals surface area contributed by atoms with Gasteiger partial charge in [-0.05, 0) is 76.1 Å². The predicted octanol–water partition coefficient (Wildman–Crippen LogP) is 7.47. The lowest BCUT2D eigenvalue weighted by molar-refractivity contribution is -0.138. The fourth-order valence-corrected chi connectivity index (χ4v) is 6.55. The molecular weight excluding hydrogens is 582 g/mol. The SMILES string of the molecule is CC(=O)[C@@H](OC(C)(C)C)c1c(C)cc2nc(-n3ccnc(-c4ccc5c(cnn5C)c4)c3=O)sc2c1-c1ccc(Cl)cc1. The van der Waals surface area contributed by atoms with E-state index in [0.29, 0.717) is 26.9 Å². The Hall–Kier alpha value is -4.18. The number of carbonyl (C=O) groups is 1. The molecule has 10 heteroatoms. The minimum Gasteiger partial charge on any atom is -0.360 e. The number of nitrogens with zero attached hydrogens (tertiary/aromatic N) is 5. The molecule has 3 aromatic carbocycles. The van der Waals surface area contributed by atoms with Crippen molar-refractivity contribution in [3.8, 4) is 27.5 Å². The van der Waals surface area contributed by atoms with Crippen LogP contribution in [0.3, 0.4) is 0 Å². The highest BCUT2D eigenvalue weighted by Gasteiger charge is 2.30. The first-order valence-electron chi connectivity index (χ1n) is 13.8. The number of ketones is 1. The van der Waals surface area contributed by atoms with E-state index in [9.17, 15) is 9.59 Å². The first kappa shape index (κ1) is 28.9. The van der Waals surface area contributed by atoms with Gasteiger partial charge in [-0.25, -0.2) is 9.97 Å². The Balaban J connectivity index is 1.57. The molecule has 0 saturated carbocycles. The van der Waals surface area contributed by atoms with Gasteiger partial charge in [-0.15, -0.1) is 0 Å². The summed E-state index contributed by atoms with van der Waals surface area (Å²) in [6.07, 6.45) is 4.21. The number of carbonyl (C=O) groups excluding carboxylic acids is 1. The normalized spacial score (nSPS) is 12.7. The molecule has 0 bridgehead atoms. The number of hydrogen-bond donors (Lipinski definition) is 0. The molecule has 0 aliphatic rings. The maximum Gasteiger partial charge on any atom is 0.283 e. The summed E-state index contributed by atoms with van der Waals surface area (Å²) in [7, 11) is 1.88. The Labute approximate surface area is 257 Å². The molecule has 8 nitrogen and oxygen atoms in total. The third-order valence-corrected chi connectivity index (χ3v) is 8.56. The van der Waals surface area contributed by atoms with Gasteiger partial charge < -0.3 is 4.74 Å². The van der Waals surface area contributed by atoms with Gasteiger partial charge in [0.05, 0.1) is 27.5 Å². The molecule has 3 heterocycles. The molecule has 6 rings (SSSR count). The van der Waals surface area contributed by atoms with Gasteiger partial charge in [-0.3, -0.25) is 18.8 Å². The number of Topliss-reactive ketones (excluding diaryl/α,β-unsaturated/α-hetero) is 1. The zero-order chi connectivity index (χ0) is 30.6. The predicted molar refractivity (Wildman–Crippen MR) is 172 cm³/mol. The van der Waals surface area contributed by atoms with Gasteiger partial charge in [0, 0.05) is 46.5 Å². The van der Waals surface area contributed by atoms with Gasteiger partial charge in [0.2, 0.25) is 0 Å². The minimum absolute atomic E-state index is 0.0992. The average molecular weight is 612 g/mol. The molecule has 0 spiro atoms. The van der Waals surface area contributed by atoms with E-state index in [1.54, 1.807) is 30.2 Å². The second-order valence-corrected chi connectivity index (χ2v) is 13.0. The fourth-order valence-electron chi connectivity index (χ4n) is 5.31. The second kappa shape index (κ2) is 10.8. The summed E-state index contributed by atoms with van der Waals surface area (Å²) >= 11 is 7.63. The lowest BCUT2D eigenvalue weighted by Gasteiger charge is -2.29. The number of halogens is 1. The Bertz CT molecular complexity index is 2090. The first-order chi connectivity index (χ1) is 20.4. The Morgan fingerprint density at radius 3 is 2.49 bits per heavy atom. The summed E-state index contributed by atoms with van der Waals surface area (Å²) < 4.78 is 10.5. The molecule has 0 amide bonds. The van der Waals surface area contributed by atoms with E-state index in [0.717, 1.165) is 37.9 Å². The van der Waals surface area contributed by atoms with Crippen molar-refractivity contribution in [2.45, 2.75) is 46.3 Å². The number of hydrogen-bond acceptors (Lipinski definition) is 7. The lowest BCUT2D eigenvalue weighted by atomic mass is 9.90. The largest absolute Gasteiger partial charge is 0.360 e. The van der Waals surface area contributed by atoms with Crippen molar-refractivity contribution in [2.75, 3.05) is 0 Å². The fraction of sp³-hybridized carbons (Fsp3) is 0.242. The van der Waals surface area contributed by atoms with Crippen molar-refractivity contribution in [3.63, 3.8) is 0 Å². The van der Waals surface area contributed by atoms with E-state index in [4.69, 9.17) is 21.3 Å². The molecule has 1 atom stereocenters. The Morgan fingerprint density at radius 1 is 1.07 bits per heavy atom. The van der Waals surface area contributed by atoms with Crippen LogP contribution in [0.25, 0.3) is 48.6 Å². The minimum atomic E-state index is -0.793. The van der Waals surface area contributed by atoms with Gasteiger partial charge in [0.25, 0.3) is 5.56 Å². The molecule has 3 aromatic heterocycles. The average Bonchev–Trinajstić information content (AvgIpc) is 3.54. The number of fused-ring (bicyclic) bond motifs is 2. The summed E-state index contributed by atoms with van der Waals surface area (Å²) in [5.74, 6) is -0.0992. The highest BCUT2D eigenvalue weighted by molar-refractivity contribution is 7.21. The van der Waals surface area contributed by atoms with E-state index in [-0.39, 0.29) is 11.3 Å². The Kier molecular flexibility index (Phi) is 7.28. The topological polar surface area (TPSA) is 91.9 Å². The second-order valence-electron chi connectivity index (χ2n) is 11.5. The van der Waals surface area contributed by atoms with Crippen LogP contribution in [0, 0.1) is 6.92 Å². The molecule has 0 unspecified atom stereocenters. The maximum atomic E-state index is 13.8. The van der Waals surface area contributed by atoms with Gasteiger partial charge in [-0.1, -0.05) is 41.1 Å². The van der Waals surface area contributed by atoms with Crippen LogP contribution < -0.4 is 5.56 Å². The molecule has 0 saturated heterocycles. The number of aryl methyl sites for hydroxylation is 2. The molecule has 0 aliphatic carbocycles. The number of thiazole rings is 1. The summed E-state index contributed by atoms with van der Waals surface area (Å²) in [5, 5.41) is 6.33. The van der Waals surface area contributed by atoms with Gasteiger partial charge in [-0.2, -0.15) is 5.10 Å². The third kappa shape index (κ3) is 5.40. The summed E-state index contributed by atoms with van der Waals surface area (Å²) in [5.41, 5.74) is 5.20. The molecule has 0 aliphatic heterocycles. The van der Waals surface area contributed by atoms with Crippen LogP contribution in [-0.4, -0.2) is 35.7 Å². The van der Waals surface area contributed by atoms with Crippen LogP contribution in [0.5, 0.6) is 0 Å². The molecule has 218 valence electrons. The lowest BCUT2D eigenvalue weighted by Crippen LogP contribution is -2.27. The van der Waals surface area contributed by atoms with Crippen molar-refractivity contribution < 1.29 is 9.53 Å². The van der Waals surface area contributed by atoms with Gasteiger partial charge in [0.15, 0.2) is 10.9 Å². The van der Waals surface area contributed by atoms with E-state index in [2.05, 4.69) is 10.1 Å². The number of aromatic nitrogens is 5. The van der Waals surface area contributed by atoms with Crippen LogP contribution in [0.15, 0.2) is 71.9 Å². The van der Waals surface area contributed by atoms with Gasteiger partial charge >= 0.3 is 0 Å². The number of benzene rings is 3. The van der Waals surface area contributed by atoms with Crippen LogP contribution in [0.2, 0.25) is 5.02 Å². The molecule has 43 heavy (non-hydrogen) atoms. The van der Waals surface area contributed by atoms with Crippen molar-refractivity contribution in [1.82, 2.24) is 24.3 Å². The van der Waals surface area contributed by atoms with E-state index in [1.165, 1.54) is 15.9 Å². The molecule has 6 aromatic rings. The number of rotatable bonds is 6. The van der Waals surface area contributed by atoms with E-state index in [1.807, 2.05) is 83.3 Å². The third-order valence-electron chi connectivity index (χ3n) is 7.22. The number of ether oxygens (including phenoxy) is 1. The quantitative estimate of drug-likeness (QED) is 0.194. The zero-order valence-corrected chi connectivity index (χ0v) is 26.2. The van der Waals surface area contributed by atoms with Crippen molar-refractivity contribution in [2.24, 2.45) is 7.05 Å². The first-order valence-corrected chi connectivity index (χ1v) is 15.0. The highest BCUT2D eigenvalue weighted by Crippen LogP contribution is 2.43. The summed E-state index contributed by atoms with van der Waals surface area (Å²) in [6.45, 7) is 9.31. The molecule has 0 radical (unpaired) electrons. The van der Waals surface area contributed by atoms with Crippen molar-refractivity contribution in [3.05, 3.63) is 93.6 Å². The van der Waals surface area contributed by atoms with E-state index >= 15 is 0 Å². The standard InChI is InChI=1S/C33H30ClN5O3S/c1-18-15-24-30(27(20-7-10-23(34)11-8-20)26(18)29(19(2)40)42-33(3,4)5)43-32(37-24)39-14-13-35-28(31(39)41)21-9-12-25-22(16-21)17-36-38(25)6/h7-17,29H,1-6H3/t29-/m1/s1. The highest BCUT2D eigenvalue weighted by atomic mass is 35.5. The Morgan fingerprint density at radius 2 is 1.79 bits per heavy atom. The maximum absolute atomic E-state index is 13.8. The summed E-state index contributed by atoms with van der Waals surface area (Å²) in [6, 6.07) is 15.2. The van der Waals surface area contributed by atoms with Crippen LogP contribution in [0.4, 0.5) is 0 Å². The molecule has 0 N–H and O–H groups in total. The molecule has 0 fully saturated rings. The zero-order valence-electron chi connectivity index (χ0n) is 24.7. The van der Waals surface area contributed by atoms with E-state index < -0.39 is 11.7 Å². The van der Waals surface area contributed by atoms with Crippen molar-refractivity contribution in [1.29, 1.82) is 0 Å². The van der Waals surface area contributed by atoms with Crippen LogP contribution in [0.1, 0.15) is 44.9 Å². The smallest absolute Gasteiger partial charge is 0.283 e. The van der Waals surface area contributed by atoms with Crippen molar-refractivity contribution >= 4 is 49.8 Å². The molecular formula is C33H30ClN5O3S. The van der Waals surface area contributed by atoms with Crippen LogP contribution in [-0.2, 0) is 16.6 Å². The van der Waals surface area contributed by atoms with Crippen LogP contribution >= 0.6 is 22.9 Å². The summed E-state index contributed by atoms with van der Waals surface area (Å²) in [4.78, 5) is 36.2. The monoisotopic (exact) mass is 611 g/mol.